The average molecular weight is 354 g/mol. The van der Waals surface area contributed by atoms with Crippen LogP contribution in [0.3, 0.4) is 0 Å². The lowest BCUT2D eigenvalue weighted by atomic mass is 10.1. The second-order valence-electron chi connectivity index (χ2n) is 5.78. The zero-order valence-electron chi connectivity index (χ0n) is 14.8. The number of nitrogens with one attached hydrogen (secondary N) is 2. The van der Waals surface area contributed by atoms with Gasteiger partial charge in [0.2, 0.25) is 5.91 Å². The standard InChI is InChI=1S/C20H22N2O4/c1-14(15-8-4-3-5-9-15)21-20(25)16-10-6-7-11-17(16)22-18(23)12-13-19(24)26-2/h3-11,14H,12-13H2,1-2H3,(H,21,25)(H,22,23). The van der Waals surface area contributed by atoms with Crippen molar-refractivity contribution in [3.63, 3.8) is 0 Å². The number of anilines is 1. The van der Waals surface area contributed by atoms with Gasteiger partial charge in [0.05, 0.1) is 30.8 Å². The highest BCUT2D eigenvalue weighted by molar-refractivity contribution is 6.04. The van der Waals surface area contributed by atoms with Crippen LogP contribution in [0.1, 0.15) is 41.7 Å². The Bertz CT molecular complexity index is 774. The minimum Gasteiger partial charge on any atom is -0.469 e. The Morgan fingerprint density at radius 2 is 1.62 bits per heavy atom. The summed E-state index contributed by atoms with van der Waals surface area (Å²) in [6.07, 6.45) is -0.0230. The largest absolute Gasteiger partial charge is 0.469 e. The Morgan fingerprint density at radius 3 is 2.31 bits per heavy atom. The molecule has 2 rings (SSSR count). The maximum atomic E-state index is 12.6. The van der Waals surface area contributed by atoms with Crippen LogP contribution in [0, 0.1) is 0 Å². The summed E-state index contributed by atoms with van der Waals surface area (Å²) in [5.41, 5.74) is 1.75. The molecule has 0 aromatic heterocycles. The number of para-hydroxylation sites is 1. The highest BCUT2D eigenvalue weighted by Gasteiger charge is 2.16. The van der Waals surface area contributed by atoms with E-state index in [1.54, 1.807) is 24.3 Å². The Balaban J connectivity index is 2.04. The number of rotatable bonds is 7. The number of carbonyl (C=O) groups excluding carboxylic acids is 3. The molecule has 6 heteroatoms. The number of benzene rings is 2. The highest BCUT2D eigenvalue weighted by Crippen LogP contribution is 2.18. The molecule has 2 amide bonds. The maximum absolute atomic E-state index is 12.6. The van der Waals surface area contributed by atoms with Gasteiger partial charge in [0.25, 0.3) is 5.91 Å². The fraction of sp³-hybridized carbons (Fsp3) is 0.250. The molecule has 0 aliphatic rings. The number of hydrogen-bond acceptors (Lipinski definition) is 4. The molecular weight excluding hydrogens is 332 g/mol. The first-order chi connectivity index (χ1) is 12.5. The summed E-state index contributed by atoms with van der Waals surface area (Å²) < 4.78 is 4.52. The molecule has 0 radical (unpaired) electrons. The number of carbonyl (C=O) groups is 3. The van der Waals surface area contributed by atoms with Crippen LogP contribution in [-0.4, -0.2) is 24.9 Å². The van der Waals surface area contributed by atoms with Gasteiger partial charge in [0.1, 0.15) is 0 Å². The highest BCUT2D eigenvalue weighted by atomic mass is 16.5. The normalized spacial score (nSPS) is 11.3. The van der Waals surface area contributed by atoms with E-state index in [4.69, 9.17) is 0 Å². The fourth-order valence-corrected chi connectivity index (χ4v) is 2.42. The molecule has 1 atom stereocenters. The van der Waals surface area contributed by atoms with Gasteiger partial charge in [0, 0.05) is 6.42 Å². The van der Waals surface area contributed by atoms with Gasteiger partial charge in [0.15, 0.2) is 0 Å². The molecule has 0 aliphatic heterocycles. The number of methoxy groups -OCH3 is 1. The van der Waals surface area contributed by atoms with Crippen LogP contribution >= 0.6 is 0 Å². The van der Waals surface area contributed by atoms with Crippen molar-refractivity contribution in [2.75, 3.05) is 12.4 Å². The lowest BCUT2D eigenvalue weighted by Crippen LogP contribution is -2.28. The van der Waals surface area contributed by atoms with E-state index in [2.05, 4.69) is 15.4 Å². The molecule has 6 nitrogen and oxygen atoms in total. The zero-order valence-corrected chi connectivity index (χ0v) is 14.8. The molecule has 2 aromatic carbocycles. The molecule has 2 aromatic rings. The van der Waals surface area contributed by atoms with Crippen LogP contribution in [0.5, 0.6) is 0 Å². The number of amides is 2. The Labute approximate surface area is 152 Å². The van der Waals surface area contributed by atoms with Gasteiger partial charge >= 0.3 is 5.97 Å². The lowest BCUT2D eigenvalue weighted by Gasteiger charge is -2.16. The second-order valence-corrected chi connectivity index (χ2v) is 5.78. The fourth-order valence-electron chi connectivity index (χ4n) is 2.42. The number of esters is 1. The van der Waals surface area contributed by atoms with Gasteiger partial charge in [-0.05, 0) is 24.6 Å². The predicted octanol–water partition coefficient (Wildman–Crippen LogP) is 3.07. The van der Waals surface area contributed by atoms with Crippen molar-refractivity contribution in [3.05, 3.63) is 65.7 Å². The van der Waals surface area contributed by atoms with Crippen LogP contribution in [-0.2, 0) is 14.3 Å². The zero-order chi connectivity index (χ0) is 18.9. The topological polar surface area (TPSA) is 84.5 Å². The molecule has 1 unspecified atom stereocenters. The second kappa shape index (κ2) is 9.36. The van der Waals surface area contributed by atoms with Crippen molar-refractivity contribution < 1.29 is 19.1 Å². The summed E-state index contributed by atoms with van der Waals surface area (Å²) in [7, 11) is 1.27. The van der Waals surface area contributed by atoms with Gasteiger partial charge in [-0.3, -0.25) is 14.4 Å². The first kappa shape index (κ1) is 19.2. The SMILES string of the molecule is COC(=O)CCC(=O)Nc1ccccc1C(=O)NC(C)c1ccccc1. The van der Waals surface area contributed by atoms with Crippen LogP contribution in [0.15, 0.2) is 54.6 Å². The van der Waals surface area contributed by atoms with Crippen LogP contribution in [0.2, 0.25) is 0 Å². The molecule has 0 saturated carbocycles. The van der Waals surface area contributed by atoms with Gasteiger partial charge in [-0.15, -0.1) is 0 Å². The molecule has 0 saturated heterocycles. The summed E-state index contributed by atoms with van der Waals surface area (Å²) in [6.45, 7) is 1.89. The monoisotopic (exact) mass is 354 g/mol. The summed E-state index contributed by atoms with van der Waals surface area (Å²) in [5.74, 6) is -1.10. The first-order valence-corrected chi connectivity index (χ1v) is 8.32. The van der Waals surface area contributed by atoms with Crippen molar-refractivity contribution in [1.82, 2.24) is 5.32 Å². The third-order valence-corrected chi connectivity index (χ3v) is 3.88. The Morgan fingerprint density at radius 1 is 0.962 bits per heavy atom. The van der Waals surface area contributed by atoms with E-state index in [1.165, 1.54) is 7.11 Å². The molecule has 136 valence electrons. The van der Waals surface area contributed by atoms with Crippen molar-refractivity contribution in [3.8, 4) is 0 Å². The Hall–Kier alpha value is -3.15. The average Bonchev–Trinajstić information content (AvgIpc) is 2.67. The van der Waals surface area contributed by atoms with E-state index in [0.29, 0.717) is 11.3 Å². The van der Waals surface area contributed by atoms with Gasteiger partial charge in [-0.2, -0.15) is 0 Å². The van der Waals surface area contributed by atoms with E-state index in [9.17, 15) is 14.4 Å². The minimum atomic E-state index is -0.456. The van der Waals surface area contributed by atoms with Crippen molar-refractivity contribution >= 4 is 23.5 Å². The van der Waals surface area contributed by atoms with E-state index < -0.39 is 5.97 Å². The van der Waals surface area contributed by atoms with Crippen LogP contribution < -0.4 is 10.6 Å². The predicted molar refractivity (Wildman–Crippen MR) is 98.6 cm³/mol. The molecule has 0 heterocycles. The van der Waals surface area contributed by atoms with Crippen LogP contribution in [0.4, 0.5) is 5.69 Å². The quantitative estimate of drug-likeness (QED) is 0.749. The maximum Gasteiger partial charge on any atom is 0.306 e. The molecule has 0 spiro atoms. The number of ether oxygens (including phenoxy) is 1. The molecule has 26 heavy (non-hydrogen) atoms. The van der Waals surface area contributed by atoms with Gasteiger partial charge < -0.3 is 15.4 Å². The first-order valence-electron chi connectivity index (χ1n) is 8.32. The van der Waals surface area contributed by atoms with E-state index in [-0.39, 0.29) is 30.7 Å². The Kier molecular flexibility index (Phi) is 6.91. The summed E-state index contributed by atoms with van der Waals surface area (Å²) >= 11 is 0. The van der Waals surface area contributed by atoms with Crippen molar-refractivity contribution in [2.24, 2.45) is 0 Å². The molecule has 2 N–H and O–H groups in total. The summed E-state index contributed by atoms with van der Waals surface area (Å²) in [6, 6.07) is 16.2. The lowest BCUT2D eigenvalue weighted by molar-refractivity contribution is -0.141. The van der Waals surface area contributed by atoms with Gasteiger partial charge in [-0.25, -0.2) is 0 Å². The number of hydrogen-bond donors (Lipinski definition) is 2. The minimum absolute atomic E-state index is 0.0109. The molecule has 0 bridgehead atoms. The summed E-state index contributed by atoms with van der Waals surface area (Å²) in [4.78, 5) is 35.7. The molecule has 0 fully saturated rings. The van der Waals surface area contributed by atoms with E-state index in [1.807, 2.05) is 37.3 Å². The summed E-state index contributed by atoms with van der Waals surface area (Å²) in [5, 5.41) is 5.60. The van der Waals surface area contributed by atoms with Crippen LogP contribution in [0.25, 0.3) is 0 Å². The third kappa shape index (κ3) is 5.44. The van der Waals surface area contributed by atoms with E-state index in [0.717, 1.165) is 5.56 Å². The van der Waals surface area contributed by atoms with Gasteiger partial charge in [-0.1, -0.05) is 42.5 Å². The van der Waals surface area contributed by atoms with Crippen molar-refractivity contribution in [1.29, 1.82) is 0 Å². The van der Waals surface area contributed by atoms with Crippen molar-refractivity contribution in [2.45, 2.75) is 25.8 Å². The van der Waals surface area contributed by atoms with E-state index >= 15 is 0 Å². The third-order valence-electron chi connectivity index (χ3n) is 3.88. The molecular formula is C20H22N2O4. The smallest absolute Gasteiger partial charge is 0.306 e. The molecule has 0 aliphatic carbocycles.